The zero-order chi connectivity index (χ0) is 7.40. The van der Waals surface area contributed by atoms with E-state index in [0.29, 0.717) is 4.16 Å². The molecule has 1 unspecified atom stereocenters. The number of alkyl halides is 1. The van der Waals surface area contributed by atoms with E-state index in [0.717, 1.165) is 0 Å². The maximum absolute atomic E-state index is 3.47. The molecule has 0 amide bonds. The fraction of sp³-hybridized carbons (Fsp3) is 0.250. The van der Waals surface area contributed by atoms with Crippen LogP contribution in [0.5, 0.6) is 0 Å². The minimum absolute atomic E-state index is 0.495. The lowest BCUT2D eigenvalue weighted by molar-refractivity contribution is 1.40. The largest absolute Gasteiger partial charge is 0.111 e. The van der Waals surface area contributed by atoms with E-state index in [9.17, 15) is 0 Å². The Hall–Kier alpha value is 0.0500. The highest BCUT2D eigenvalue weighted by Crippen LogP contribution is 2.25. The summed E-state index contributed by atoms with van der Waals surface area (Å²) in [4.78, 5) is 1.31. The maximum atomic E-state index is 3.47. The third-order valence-corrected chi connectivity index (χ3v) is 2.47. The third kappa shape index (κ3) is 2.76. The molecule has 1 aromatic rings. The molecular weight excluding hydrogens is 208 g/mol. The summed E-state index contributed by atoms with van der Waals surface area (Å²) in [6.07, 6.45) is 0. The van der Waals surface area contributed by atoms with Gasteiger partial charge in [0.2, 0.25) is 0 Å². The van der Waals surface area contributed by atoms with E-state index in [2.05, 4.69) is 47.1 Å². The van der Waals surface area contributed by atoms with Crippen molar-refractivity contribution in [3.63, 3.8) is 0 Å². The van der Waals surface area contributed by atoms with Crippen LogP contribution in [0.15, 0.2) is 35.2 Å². The average Bonchev–Trinajstić information content (AvgIpc) is 1.88. The van der Waals surface area contributed by atoms with Crippen molar-refractivity contribution in [3.8, 4) is 0 Å². The molecule has 0 radical (unpaired) electrons. The van der Waals surface area contributed by atoms with Gasteiger partial charge in [-0.3, -0.25) is 0 Å². The molecule has 0 saturated carbocycles. The summed E-state index contributed by atoms with van der Waals surface area (Å²) in [5, 5.41) is 0. The van der Waals surface area contributed by atoms with Crippen LogP contribution in [0.3, 0.4) is 0 Å². The average molecular weight is 217 g/mol. The first-order valence-corrected chi connectivity index (χ1v) is 4.94. The normalized spacial score (nSPS) is 13.0. The van der Waals surface area contributed by atoms with E-state index < -0.39 is 0 Å². The number of rotatable bonds is 2. The fourth-order valence-corrected chi connectivity index (χ4v) is 2.02. The van der Waals surface area contributed by atoms with Crippen molar-refractivity contribution in [3.05, 3.63) is 30.3 Å². The lowest BCUT2D eigenvalue weighted by Crippen LogP contribution is -1.78. The molecule has 0 spiro atoms. The number of hydrogen-bond acceptors (Lipinski definition) is 1. The summed E-state index contributed by atoms with van der Waals surface area (Å²) >= 11 is 5.29. The highest BCUT2D eigenvalue weighted by molar-refractivity contribution is 9.11. The minimum atomic E-state index is 0.495. The molecule has 0 saturated heterocycles. The number of hydrogen-bond donors (Lipinski definition) is 0. The molecule has 0 aromatic heterocycles. The molecule has 0 aliphatic heterocycles. The van der Waals surface area contributed by atoms with Gasteiger partial charge in [0.15, 0.2) is 0 Å². The molecule has 54 valence electrons. The second-order valence-corrected chi connectivity index (χ2v) is 5.37. The van der Waals surface area contributed by atoms with Crippen molar-refractivity contribution >= 4 is 27.7 Å². The van der Waals surface area contributed by atoms with Gasteiger partial charge in [0, 0.05) is 4.90 Å². The van der Waals surface area contributed by atoms with Crippen molar-refractivity contribution in [2.24, 2.45) is 0 Å². The summed E-state index contributed by atoms with van der Waals surface area (Å²) < 4.78 is 0.495. The molecule has 0 heterocycles. The van der Waals surface area contributed by atoms with Gasteiger partial charge in [-0.05, 0) is 19.1 Å². The second kappa shape index (κ2) is 4.04. The van der Waals surface area contributed by atoms with E-state index in [1.54, 1.807) is 0 Å². The number of halogens is 1. The standard InChI is InChI=1S/C8H9BrS/c1-7(9)10-8-5-3-2-4-6-8/h2-7H,1H3. The number of thioether (sulfide) groups is 1. The predicted octanol–water partition coefficient (Wildman–Crippen LogP) is 3.52. The van der Waals surface area contributed by atoms with E-state index in [-0.39, 0.29) is 0 Å². The van der Waals surface area contributed by atoms with Crippen LogP contribution in [0.4, 0.5) is 0 Å². The van der Waals surface area contributed by atoms with Crippen molar-refractivity contribution in [2.45, 2.75) is 16.0 Å². The molecule has 1 aromatic carbocycles. The van der Waals surface area contributed by atoms with Crippen LogP contribution in [0.2, 0.25) is 0 Å². The van der Waals surface area contributed by atoms with E-state index in [1.165, 1.54) is 4.90 Å². The summed E-state index contributed by atoms with van der Waals surface area (Å²) in [6.45, 7) is 2.12. The summed E-state index contributed by atoms with van der Waals surface area (Å²) in [5.74, 6) is 0. The second-order valence-electron chi connectivity index (χ2n) is 1.97. The van der Waals surface area contributed by atoms with Gasteiger partial charge < -0.3 is 0 Å². The van der Waals surface area contributed by atoms with Gasteiger partial charge in [-0.25, -0.2) is 0 Å². The Morgan fingerprint density at radius 1 is 1.30 bits per heavy atom. The first kappa shape index (κ1) is 8.15. The molecular formula is C8H9BrS. The lowest BCUT2D eigenvalue weighted by Gasteiger charge is -2.00. The van der Waals surface area contributed by atoms with Gasteiger partial charge in [-0.2, -0.15) is 0 Å². The van der Waals surface area contributed by atoms with Crippen molar-refractivity contribution in [1.29, 1.82) is 0 Å². The number of benzene rings is 1. The third-order valence-electron chi connectivity index (χ3n) is 1.04. The van der Waals surface area contributed by atoms with Gasteiger partial charge in [0.25, 0.3) is 0 Å². The quantitative estimate of drug-likeness (QED) is 0.539. The fourth-order valence-electron chi connectivity index (χ4n) is 0.687. The van der Waals surface area contributed by atoms with Crippen LogP contribution in [0.1, 0.15) is 6.92 Å². The van der Waals surface area contributed by atoms with E-state index >= 15 is 0 Å². The van der Waals surface area contributed by atoms with Gasteiger partial charge >= 0.3 is 0 Å². The summed E-state index contributed by atoms with van der Waals surface area (Å²) in [7, 11) is 0. The van der Waals surface area contributed by atoms with Gasteiger partial charge in [0.1, 0.15) is 0 Å². The highest BCUT2D eigenvalue weighted by atomic mass is 79.9. The van der Waals surface area contributed by atoms with Crippen LogP contribution < -0.4 is 0 Å². The molecule has 1 atom stereocenters. The maximum Gasteiger partial charge on any atom is 0.0619 e. The zero-order valence-electron chi connectivity index (χ0n) is 5.75. The van der Waals surface area contributed by atoms with Gasteiger partial charge in [-0.1, -0.05) is 34.1 Å². The predicted molar refractivity (Wildman–Crippen MR) is 50.7 cm³/mol. The Morgan fingerprint density at radius 3 is 2.40 bits per heavy atom. The van der Waals surface area contributed by atoms with Crippen LogP contribution >= 0.6 is 27.7 Å². The zero-order valence-corrected chi connectivity index (χ0v) is 8.15. The molecule has 0 bridgehead atoms. The van der Waals surface area contributed by atoms with Crippen molar-refractivity contribution in [1.82, 2.24) is 0 Å². The molecule has 0 N–H and O–H groups in total. The Balaban J connectivity index is 2.59. The first-order valence-electron chi connectivity index (χ1n) is 3.15. The van der Waals surface area contributed by atoms with Crippen LogP contribution in [-0.2, 0) is 0 Å². The Kier molecular flexibility index (Phi) is 3.29. The lowest BCUT2D eigenvalue weighted by atomic mass is 10.4. The Labute approximate surface area is 74.2 Å². The molecule has 10 heavy (non-hydrogen) atoms. The molecule has 2 heteroatoms. The smallest absolute Gasteiger partial charge is 0.0619 e. The minimum Gasteiger partial charge on any atom is -0.111 e. The van der Waals surface area contributed by atoms with Crippen LogP contribution in [-0.4, -0.2) is 4.16 Å². The summed E-state index contributed by atoms with van der Waals surface area (Å²) in [6, 6.07) is 10.4. The highest BCUT2D eigenvalue weighted by Gasteiger charge is 1.96. The summed E-state index contributed by atoms with van der Waals surface area (Å²) in [5.41, 5.74) is 0. The van der Waals surface area contributed by atoms with E-state index in [4.69, 9.17) is 0 Å². The first-order chi connectivity index (χ1) is 4.79. The Bertz CT molecular complexity index is 184. The van der Waals surface area contributed by atoms with E-state index in [1.807, 2.05) is 17.8 Å². The van der Waals surface area contributed by atoms with Crippen LogP contribution in [0.25, 0.3) is 0 Å². The van der Waals surface area contributed by atoms with Gasteiger partial charge in [0.05, 0.1) is 4.16 Å². The van der Waals surface area contributed by atoms with Crippen molar-refractivity contribution < 1.29 is 0 Å². The molecule has 0 fully saturated rings. The molecule has 0 aliphatic carbocycles. The molecule has 0 aliphatic rings. The van der Waals surface area contributed by atoms with Crippen molar-refractivity contribution in [2.75, 3.05) is 0 Å². The Morgan fingerprint density at radius 2 is 1.90 bits per heavy atom. The molecule has 0 nitrogen and oxygen atoms in total. The van der Waals surface area contributed by atoms with Crippen LogP contribution in [0, 0.1) is 0 Å². The topological polar surface area (TPSA) is 0 Å². The molecule has 1 rings (SSSR count). The monoisotopic (exact) mass is 216 g/mol. The SMILES string of the molecule is CC(Br)Sc1ccccc1. The van der Waals surface area contributed by atoms with Gasteiger partial charge in [-0.15, -0.1) is 11.8 Å².